The molecule has 0 bridgehead atoms. The van der Waals surface area contributed by atoms with Crippen LogP contribution in [0.2, 0.25) is 0 Å². The van der Waals surface area contributed by atoms with Crippen molar-refractivity contribution < 1.29 is 0 Å². The maximum absolute atomic E-state index is 6.41. The summed E-state index contributed by atoms with van der Waals surface area (Å²) in [6, 6.07) is 4.10. The maximum atomic E-state index is 6.41. The molecule has 0 saturated carbocycles. The molecule has 94 valence electrons. The summed E-state index contributed by atoms with van der Waals surface area (Å²) < 4.78 is 2.00. The second-order valence-corrected chi connectivity index (χ2v) is 4.97. The predicted octanol–water partition coefficient (Wildman–Crippen LogP) is 1.94. The average molecular weight is 242 g/mol. The minimum Gasteiger partial charge on any atom is -0.337 e. The third-order valence-corrected chi connectivity index (χ3v) is 3.83. The zero-order chi connectivity index (χ0) is 12.5. The second-order valence-electron chi connectivity index (χ2n) is 4.97. The Morgan fingerprint density at radius 1 is 1.39 bits per heavy atom. The van der Waals surface area contributed by atoms with Crippen LogP contribution in [0.25, 0.3) is 0 Å². The van der Waals surface area contributed by atoms with Crippen LogP contribution in [0.3, 0.4) is 0 Å². The lowest BCUT2D eigenvalue weighted by Gasteiger charge is -2.28. The van der Waals surface area contributed by atoms with Crippen LogP contribution >= 0.6 is 0 Å². The molecule has 4 nitrogen and oxygen atoms in total. The third-order valence-electron chi connectivity index (χ3n) is 3.83. The van der Waals surface area contributed by atoms with Crippen LogP contribution in [0.15, 0.2) is 30.7 Å². The number of hydrogen-bond donors (Lipinski definition) is 1. The highest BCUT2D eigenvalue weighted by atomic mass is 15.1. The topological polar surface area (TPSA) is 56.7 Å². The number of nitrogens with zero attached hydrogens (tertiary/aromatic N) is 3. The van der Waals surface area contributed by atoms with E-state index < -0.39 is 0 Å². The van der Waals surface area contributed by atoms with Crippen LogP contribution in [0.1, 0.15) is 41.9 Å². The van der Waals surface area contributed by atoms with Gasteiger partial charge in [-0.25, -0.2) is 4.98 Å². The summed E-state index contributed by atoms with van der Waals surface area (Å²) in [6.45, 7) is 0. The van der Waals surface area contributed by atoms with Crippen LogP contribution < -0.4 is 5.73 Å². The molecule has 0 fully saturated rings. The molecular weight excluding hydrogens is 224 g/mol. The summed E-state index contributed by atoms with van der Waals surface area (Å²) >= 11 is 0. The normalized spacial score (nSPS) is 20.4. The fourth-order valence-corrected chi connectivity index (χ4v) is 2.87. The highest BCUT2D eigenvalue weighted by Crippen LogP contribution is 2.37. The van der Waals surface area contributed by atoms with Crippen molar-refractivity contribution in [1.29, 1.82) is 0 Å². The first kappa shape index (κ1) is 11.4. The highest BCUT2D eigenvalue weighted by molar-refractivity contribution is 5.28. The Labute approximate surface area is 107 Å². The quantitative estimate of drug-likeness (QED) is 0.875. The zero-order valence-corrected chi connectivity index (χ0v) is 10.6. The summed E-state index contributed by atoms with van der Waals surface area (Å²) in [5.41, 5.74) is 8.92. The zero-order valence-electron chi connectivity index (χ0n) is 10.6. The summed E-state index contributed by atoms with van der Waals surface area (Å²) in [5.74, 6) is 1.23. The van der Waals surface area contributed by atoms with E-state index in [1.807, 2.05) is 30.1 Å². The molecule has 0 aliphatic heterocycles. The number of aryl methyl sites for hydroxylation is 2. The summed E-state index contributed by atoms with van der Waals surface area (Å²) in [6.07, 6.45) is 9.00. The molecule has 2 heterocycles. The van der Waals surface area contributed by atoms with Crippen molar-refractivity contribution in [3.8, 4) is 0 Å². The van der Waals surface area contributed by atoms with E-state index in [4.69, 9.17) is 5.73 Å². The Hall–Kier alpha value is -1.68. The Morgan fingerprint density at radius 3 is 3.06 bits per heavy atom. The Balaban J connectivity index is 1.97. The molecule has 0 saturated heterocycles. The van der Waals surface area contributed by atoms with Gasteiger partial charge in [0.1, 0.15) is 5.82 Å². The van der Waals surface area contributed by atoms with Crippen molar-refractivity contribution in [3.63, 3.8) is 0 Å². The van der Waals surface area contributed by atoms with Gasteiger partial charge in [-0.1, -0.05) is 6.07 Å². The van der Waals surface area contributed by atoms with Gasteiger partial charge in [-0.15, -0.1) is 0 Å². The summed E-state index contributed by atoms with van der Waals surface area (Å²) in [5, 5.41) is 0. The molecule has 3 rings (SSSR count). The number of aromatic nitrogens is 3. The lowest BCUT2D eigenvalue weighted by Crippen LogP contribution is -2.26. The average Bonchev–Trinajstić information content (AvgIpc) is 2.83. The van der Waals surface area contributed by atoms with Crippen molar-refractivity contribution in [3.05, 3.63) is 47.8 Å². The van der Waals surface area contributed by atoms with Crippen LogP contribution in [0.4, 0.5) is 0 Å². The molecule has 0 radical (unpaired) electrons. The van der Waals surface area contributed by atoms with Gasteiger partial charge in [0.25, 0.3) is 0 Å². The molecule has 0 amide bonds. The van der Waals surface area contributed by atoms with E-state index in [2.05, 4.69) is 16.0 Å². The first-order valence-electron chi connectivity index (χ1n) is 6.44. The largest absolute Gasteiger partial charge is 0.337 e. The number of fused-ring (bicyclic) bond motifs is 1. The number of pyridine rings is 1. The SMILES string of the molecule is Cn1ccnc1C(N)C1CCCc2cccnc21. The minimum absolute atomic E-state index is 0.0704. The van der Waals surface area contributed by atoms with E-state index in [1.165, 1.54) is 17.7 Å². The van der Waals surface area contributed by atoms with Gasteiger partial charge in [-0.05, 0) is 30.9 Å². The maximum Gasteiger partial charge on any atom is 0.126 e. The van der Waals surface area contributed by atoms with E-state index in [0.29, 0.717) is 0 Å². The number of rotatable bonds is 2. The van der Waals surface area contributed by atoms with E-state index in [-0.39, 0.29) is 12.0 Å². The molecule has 2 aromatic heterocycles. The molecule has 18 heavy (non-hydrogen) atoms. The Kier molecular flexibility index (Phi) is 2.88. The highest BCUT2D eigenvalue weighted by Gasteiger charge is 2.29. The van der Waals surface area contributed by atoms with Crippen molar-refractivity contribution in [2.75, 3.05) is 0 Å². The summed E-state index contributed by atoms with van der Waals surface area (Å²) in [7, 11) is 1.99. The summed E-state index contributed by atoms with van der Waals surface area (Å²) in [4.78, 5) is 8.92. The molecule has 2 aromatic rings. The molecular formula is C14H18N4. The van der Waals surface area contributed by atoms with Gasteiger partial charge in [-0.3, -0.25) is 4.98 Å². The van der Waals surface area contributed by atoms with Crippen molar-refractivity contribution in [1.82, 2.24) is 14.5 Å². The fraction of sp³-hybridized carbons (Fsp3) is 0.429. The van der Waals surface area contributed by atoms with Gasteiger partial charge >= 0.3 is 0 Å². The van der Waals surface area contributed by atoms with Crippen LogP contribution in [0.5, 0.6) is 0 Å². The third kappa shape index (κ3) is 1.82. The molecule has 0 spiro atoms. The van der Waals surface area contributed by atoms with Crippen molar-refractivity contribution in [2.24, 2.45) is 12.8 Å². The van der Waals surface area contributed by atoms with Gasteiger partial charge in [-0.2, -0.15) is 0 Å². The first-order valence-corrected chi connectivity index (χ1v) is 6.44. The standard InChI is InChI=1S/C14H18N4/c1-18-9-8-17-14(18)12(15)11-6-2-4-10-5-3-7-16-13(10)11/h3,5,7-9,11-12H,2,4,6,15H2,1H3. The minimum atomic E-state index is -0.0704. The predicted molar refractivity (Wildman–Crippen MR) is 70.1 cm³/mol. The first-order chi connectivity index (χ1) is 8.77. The number of hydrogen-bond acceptors (Lipinski definition) is 3. The number of nitrogens with two attached hydrogens (primary N) is 1. The van der Waals surface area contributed by atoms with E-state index in [0.717, 1.165) is 18.7 Å². The van der Waals surface area contributed by atoms with Crippen molar-refractivity contribution in [2.45, 2.75) is 31.2 Å². The second kappa shape index (κ2) is 4.53. The molecule has 1 aliphatic rings. The van der Waals surface area contributed by atoms with E-state index in [9.17, 15) is 0 Å². The Bertz CT molecular complexity index is 546. The molecule has 1 aliphatic carbocycles. The van der Waals surface area contributed by atoms with E-state index >= 15 is 0 Å². The monoisotopic (exact) mass is 242 g/mol. The van der Waals surface area contributed by atoms with Gasteiger partial charge in [0.2, 0.25) is 0 Å². The van der Waals surface area contributed by atoms with Crippen LogP contribution in [-0.2, 0) is 13.5 Å². The molecule has 2 unspecified atom stereocenters. The molecule has 2 atom stereocenters. The van der Waals surface area contributed by atoms with Gasteiger partial charge in [0.05, 0.1) is 6.04 Å². The fourth-order valence-electron chi connectivity index (χ4n) is 2.87. The smallest absolute Gasteiger partial charge is 0.126 e. The van der Waals surface area contributed by atoms with Gasteiger partial charge in [0.15, 0.2) is 0 Å². The molecule has 4 heteroatoms. The number of imidazole rings is 1. The molecule has 2 N–H and O–H groups in total. The lowest BCUT2D eigenvalue weighted by molar-refractivity contribution is 0.441. The van der Waals surface area contributed by atoms with E-state index in [1.54, 1.807) is 6.20 Å². The molecule has 0 aromatic carbocycles. The van der Waals surface area contributed by atoms with Crippen LogP contribution in [-0.4, -0.2) is 14.5 Å². The Morgan fingerprint density at radius 2 is 2.28 bits per heavy atom. The van der Waals surface area contributed by atoms with Crippen LogP contribution in [0, 0.1) is 0 Å². The lowest BCUT2D eigenvalue weighted by atomic mass is 9.82. The van der Waals surface area contributed by atoms with Gasteiger partial charge < -0.3 is 10.3 Å². The van der Waals surface area contributed by atoms with Gasteiger partial charge in [0, 0.05) is 37.3 Å². The van der Waals surface area contributed by atoms with Crippen molar-refractivity contribution >= 4 is 0 Å².